The number of thiophene rings is 1. The van der Waals surface area contributed by atoms with Crippen LogP contribution in [0.1, 0.15) is 42.8 Å². The van der Waals surface area contributed by atoms with E-state index < -0.39 is 0 Å². The molecule has 1 saturated carbocycles. The van der Waals surface area contributed by atoms with Gasteiger partial charge in [0.05, 0.1) is 4.88 Å². The molecule has 142 valence electrons. The number of nitrogens with one attached hydrogen (secondary N) is 1. The minimum atomic E-state index is 0.0317. The molecule has 0 saturated heterocycles. The van der Waals surface area contributed by atoms with Gasteiger partial charge >= 0.3 is 0 Å². The summed E-state index contributed by atoms with van der Waals surface area (Å²) in [6.07, 6.45) is 3.51. The Balaban J connectivity index is 1.62. The molecule has 0 spiro atoms. The van der Waals surface area contributed by atoms with E-state index in [1.54, 1.807) is 0 Å². The lowest BCUT2D eigenvalue weighted by molar-refractivity contribution is 0.0895. The fourth-order valence-corrected chi connectivity index (χ4v) is 5.10. The first-order chi connectivity index (χ1) is 12.9. The normalized spacial score (nSPS) is 22.9. The summed E-state index contributed by atoms with van der Waals surface area (Å²) in [6.45, 7) is 4.54. The Labute approximate surface area is 168 Å². The molecule has 1 aliphatic carbocycles. The number of halogens is 1. The minimum Gasteiger partial charge on any atom is -0.348 e. The average Bonchev–Trinajstić information content (AvgIpc) is 3.21. The summed E-state index contributed by atoms with van der Waals surface area (Å²) in [5.41, 5.74) is 1.89. The molecular formula is C21H24ClN3OS. The van der Waals surface area contributed by atoms with E-state index in [9.17, 15) is 4.79 Å². The van der Waals surface area contributed by atoms with Crippen LogP contribution in [-0.2, 0) is 7.05 Å². The van der Waals surface area contributed by atoms with E-state index in [1.165, 1.54) is 24.2 Å². The number of nitrogens with zero attached hydrogens (tertiary/aromatic N) is 2. The monoisotopic (exact) mass is 401 g/mol. The first-order valence-electron chi connectivity index (χ1n) is 9.47. The SMILES string of the molecule is CC1CCCC(NC(=O)c2cc3c(-c4ccc(Cl)cc4)nn(C)c3s2)C1C. The number of hydrogen-bond donors (Lipinski definition) is 1. The van der Waals surface area contributed by atoms with Crippen LogP contribution in [0.2, 0.25) is 5.02 Å². The third kappa shape index (κ3) is 3.50. The summed E-state index contributed by atoms with van der Waals surface area (Å²) in [6, 6.07) is 9.90. The maximum absolute atomic E-state index is 12.9. The molecule has 3 aromatic rings. The first kappa shape index (κ1) is 18.5. The predicted octanol–water partition coefficient (Wildman–Crippen LogP) is 5.51. The van der Waals surface area contributed by atoms with E-state index in [4.69, 9.17) is 11.6 Å². The zero-order valence-electron chi connectivity index (χ0n) is 15.8. The maximum Gasteiger partial charge on any atom is 0.261 e. The Morgan fingerprint density at radius 1 is 1.26 bits per heavy atom. The van der Waals surface area contributed by atoms with Crippen LogP contribution in [0, 0.1) is 11.8 Å². The lowest BCUT2D eigenvalue weighted by Gasteiger charge is -2.34. The van der Waals surface area contributed by atoms with E-state index in [0.29, 0.717) is 16.9 Å². The summed E-state index contributed by atoms with van der Waals surface area (Å²) >= 11 is 7.51. The second-order valence-corrected chi connectivity index (χ2v) is 9.12. The van der Waals surface area contributed by atoms with Crippen LogP contribution in [0.25, 0.3) is 21.5 Å². The molecule has 27 heavy (non-hydrogen) atoms. The second kappa shape index (κ2) is 7.28. The topological polar surface area (TPSA) is 46.9 Å². The molecule has 1 amide bonds. The van der Waals surface area contributed by atoms with Crippen molar-refractivity contribution in [2.75, 3.05) is 0 Å². The molecule has 1 fully saturated rings. The van der Waals surface area contributed by atoms with Crippen LogP contribution in [0.4, 0.5) is 0 Å². The molecule has 3 unspecified atom stereocenters. The summed E-state index contributed by atoms with van der Waals surface area (Å²) in [7, 11) is 1.92. The van der Waals surface area contributed by atoms with Gasteiger partial charge in [-0.2, -0.15) is 5.10 Å². The summed E-state index contributed by atoms with van der Waals surface area (Å²) < 4.78 is 1.85. The van der Waals surface area contributed by atoms with Crippen LogP contribution >= 0.6 is 22.9 Å². The number of aromatic nitrogens is 2. The zero-order valence-corrected chi connectivity index (χ0v) is 17.4. The van der Waals surface area contributed by atoms with Crippen molar-refractivity contribution in [3.63, 3.8) is 0 Å². The molecule has 0 aliphatic heterocycles. The van der Waals surface area contributed by atoms with E-state index in [2.05, 4.69) is 24.3 Å². The zero-order chi connectivity index (χ0) is 19.1. The predicted molar refractivity (Wildman–Crippen MR) is 112 cm³/mol. The van der Waals surface area contributed by atoms with Crippen molar-refractivity contribution in [2.24, 2.45) is 18.9 Å². The van der Waals surface area contributed by atoms with Crippen LogP contribution < -0.4 is 5.32 Å². The van der Waals surface area contributed by atoms with Gasteiger partial charge in [0.2, 0.25) is 0 Å². The van der Waals surface area contributed by atoms with Gasteiger partial charge in [-0.3, -0.25) is 9.48 Å². The largest absolute Gasteiger partial charge is 0.348 e. The van der Waals surface area contributed by atoms with Gasteiger partial charge in [0.1, 0.15) is 10.5 Å². The molecule has 6 heteroatoms. The van der Waals surface area contributed by atoms with Gasteiger partial charge in [-0.1, -0.05) is 50.4 Å². The molecule has 0 radical (unpaired) electrons. The molecule has 2 heterocycles. The molecule has 0 bridgehead atoms. The Morgan fingerprint density at radius 3 is 2.74 bits per heavy atom. The van der Waals surface area contributed by atoms with Crippen LogP contribution in [0.3, 0.4) is 0 Å². The highest BCUT2D eigenvalue weighted by atomic mass is 35.5. The minimum absolute atomic E-state index is 0.0317. The quantitative estimate of drug-likeness (QED) is 0.628. The highest BCUT2D eigenvalue weighted by Crippen LogP contribution is 2.35. The number of rotatable bonds is 3. The summed E-state index contributed by atoms with van der Waals surface area (Å²) in [5.74, 6) is 1.21. The third-order valence-corrected chi connectivity index (χ3v) is 7.33. The molecule has 1 N–H and O–H groups in total. The number of carbonyl (C=O) groups excluding carboxylic acids is 1. The smallest absolute Gasteiger partial charge is 0.261 e. The Morgan fingerprint density at radius 2 is 2.00 bits per heavy atom. The molecule has 1 aliphatic rings. The van der Waals surface area contributed by atoms with Crippen molar-refractivity contribution < 1.29 is 4.79 Å². The number of hydrogen-bond acceptors (Lipinski definition) is 3. The Hall–Kier alpha value is -1.85. The van der Waals surface area contributed by atoms with Gasteiger partial charge in [0.25, 0.3) is 5.91 Å². The second-order valence-electron chi connectivity index (χ2n) is 7.66. The Kier molecular flexibility index (Phi) is 4.99. The molecular weight excluding hydrogens is 378 g/mol. The number of carbonyl (C=O) groups is 1. The van der Waals surface area contributed by atoms with Crippen molar-refractivity contribution in [1.29, 1.82) is 0 Å². The number of fused-ring (bicyclic) bond motifs is 1. The fraction of sp³-hybridized carbons (Fsp3) is 0.429. The first-order valence-corrected chi connectivity index (χ1v) is 10.7. The third-order valence-electron chi connectivity index (χ3n) is 5.88. The average molecular weight is 402 g/mol. The maximum atomic E-state index is 12.9. The lowest BCUT2D eigenvalue weighted by Crippen LogP contribution is -2.43. The van der Waals surface area contributed by atoms with Gasteiger partial charge < -0.3 is 5.32 Å². The Bertz CT molecular complexity index is 975. The van der Waals surface area contributed by atoms with Gasteiger partial charge in [-0.05, 0) is 36.5 Å². The van der Waals surface area contributed by atoms with Gasteiger partial charge in [0.15, 0.2) is 0 Å². The standard InChI is InChI=1S/C21H24ClN3OS/c1-12-5-4-6-17(13(12)2)23-20(26)18-11-16-19(24-25(3)21(16)27-18)14-7-9-15(22)10-8-14/h7-13,17H,4-6H2,1-3H3,(H,23,26). The lowest BCUT2D eigenvalue weighted by atomic mass is 9.78. The molecule has 1 aromatic carbocycles. The van der Waals surface area contributed by atoms with Crippen LogP contribution in [0.15, 0.2) is 30.3 Å². The van der Waals surface area contributed by atoms with Gasteiger partial charge in [-0.25, -0.2) is 0 Å². The van der Waals surface area contributed by atoms with Crippen molar-refractivity contribution in [2.45, 2.75) is 39.2 Å². The van der Waals surface area contributed by atoms with Crippen molar-refractivity contribution >= 4 is 39.1 Å². The molecule has 2 aromatic heterocycles. The number of aryl methyl sites for hydroxylation is 1. The van der Waals surface area contributed by atoms with Crippen LogP contribution in [0.5, 0.6) is 0 Å². The van der Waals surface area contributed by atoms with E-state index in [1.807, 2.05) is 42.1 Å². The number of amides is 1. The number of benzene rings is 1. The summed E-state index contributed by atoms with van der Waals surface area (Å²) in [4.78, 5) is 14.6. The van der Waals surface area contributed by atoms with E-state index in [-0.39, 0.29) is 11.9 Å². The highest BCUT2D eigenvalue weighted by Gasteiger charge is 2.29. The van der Waals surface area contributed by atoms with Gasteiger partial charge in [0, 0.05) is 29.1 Å². The molecule has 4 rings (SSSR count). The van der Waals surface area contributed by atoms with Crippen LogP contribution in [-0.4, -0.2) is 21.7 Å². The highest BCUT2D eigenvalue weighted by molar-refractivity contribution is 7.20. The summed E-state index contributed by atoms with van der Waals surface area (Å²) in [5, 5.41) is 9.63. The van der Waals surface area contributed by atoms with Crippen molar-refractivity contribution in [3.05, 3.63) is 40.2 Å². The van der Waals surface area contributed by atoms with Crippen molar-refractivity contribution in [1.82, 2.24) is 15.1 Å². The molecule has 4 nitrogen and oxygen atoms in total. The van der Waals surface area contributed by atoms with Crippen molar-refractivity contribution in [3.8, 4) is 11.3 Å². The van der Waals surface area contributed by atoms with E-state index >= 15 is 0 Å². The van der Waals surface area contributed by atoms with E-state index in [0.717, 1.165) is 32.8 Å². The van der Waals surface area contributed by atoms with Gasteiger partial charge in [-0.15, -0.1) is 11.3 Å². The molecule has 3 atom stereocenters. The fourth-order valence-electron chi connectivity index (χ4n) is 4.00.